The third kappa shape index (κ3) is 3.84. The Kier molecular flexibility index (Phi) is 5.90. The van der Waals surface area contributed by atoms with Gasteiger partial charge in [0.15, 0.2) is 5.65 Å². The van der Waals surface area contributed by atoms with Crippen molar-refractivity contribution in [1.29, 1.82) is 0 Å². The predicted octanol–water partition coefficient (Wildman–Crippen LogP) is 1.26. The summed E-state index contributed by atoms with van der Waals surface area (Å²) in [5.74, 6) is 0.379. The first-order valence-corrected chi connectivity index (χ1v) is 9.72. The molecule has 2 aliphatic carbocycles. The fraction of sp³-hybridized carbons (Fsp3) is 0.579. The zero-order chi connectivity index (χ0) is 19.1. The molecule has 4 rings (SSSR count). The molecule has 0 aliphatic heterocycles. The van der Waals surface area contributed by atoms with Crippen LogP contribution in [0.25, 0.3) is 11.0 Å². The molecule has 28 heavy (non-hydrogen) atoms. The van der Waals surface area contributed by atoms with Crippen LogP contribution in [0, 0.1) is 5.92 Å². The van der Waals surface area contributed by atoms with Gasteiger partial charge in [0.25, 0.3) is 11.5 Å². The highest BCUT2D eigenvalue weighted by Gasteiger charge is 2.33. The van der Waals surface area contributed by atoms with Crippen molar-refractivity contribution in [3.05, 3.63) is 38.2 Å². The number of hydrogen-bond donors (Lipinski definition) is 3. The summed E-state index contributed by atoms with van der Waals surface area (Å²) in [6.45, 7) is 2.75. The fourth-order valence-corrected chi connectivity index (χ4v) is 3.61. The highest BCUT2D eigenvalue weighted by molar-refractivity contribution is 6.05. The van der Waals surface area contributed by atoms with Crippen LogP contribution in [-0.2, 0) is 6.54 Å². The van der Waals surface area contributed by atoms with Crippen molar-refractivity contribution in [2.45, 2.75) is 57.5 Å². The predicted molar refractivity (Wildman–Crippen MR) is 109 cm³/mol. The molecule has 2 saturated carbocycles. The number of carbonyl (C=O) groups excluding carboxylic acids is 1. The molecule has 1 amide bonds. The number of fused-ring (bicyclic) bond motifs is 1. The molecule has 4 N–H and O–H groups in total. The maximum absolute atomic E-state index is 13.0. The summed E-state index contributed by atoms with van der Waals surface area (Å²) in [5.41, 5.74) is 6.12. The van der Waals surface area contributed by atoms with E-state index in [9.17, 15) is 14.4 Å². The summed E-state index contributed by atoms with van der Waals surface area (Å²) in [6, 6.07) is 1.62. The normalized spacial score (nSPS) is 17.2. The van der Waals surface area contributed by atoms with Crippen LogP contribution in [-0.4, -0.2) is 33.0 Å². The lowest BCUT2D eigenvalue weighted by Crippen LogP contribution is -2.42. The van der Waals surface area contributed by atoms with Gasteiger partial charge in [0, 0.05) is 30.7 Å². The lowest BCUT2D eigenvalue weighted by atomic mass is 10.1. The van der Waals surface area contributed by atoms with Gasteiger partial charge in [0.05, 0.1) is 10.9 Å². The molecule has 0 saturated heterocycles. The minimum Gasteiger partial charge on any atom is -0.348 e. The van der Waals surface area contributed by atoms with Crippen LogP contribution in [0.2, 0.25) is 0 Å². The summed E-state index contributed by atoms with van der Waals surface area (Å²) >= 11 is 0. The standard InChI is InChI=1S/C19H25N5O3.ClH/c1-2-7-24-16-15(18(26)23-19(24)27)12(8-13(21-16)10-3-4-10)17(25)22-14(9-20)11-5-6-11;/h8,10-11,14H,2-7,9,20H2,1H3,(H,22,25)(H,23,26,27);1H. The molecule has 152 valence electrons. The Labute approximate surface area is 168 Å². The SMILES string of the molecule is CCCn1c(=O)[nH]c(=O)c2c(C(=O)NC(CN)C3CC3)cc(C3CC3)nc21.Cl. The smallest absolute Gasteiger partial charge is 0.329 e. The minimum atomic E-state index is -0.571. The second-order valence-electron chi connectivity index (χ2n) is 7.63. The van der Waals surface area contributed by atoms with Crippen molar-refractivity contribution in [3.8, 4) is 0 Å². The van der Waals surface area contributed by atoms with E-state index in [2.05, 4.69) is 15.3 Å². The number of pyridine rings is 1. The maximum atomic E-state index is 13.0. The van der Waals surface area contributed by atoms with Crippen LogP contribution in [0.3, 0.4) is 0 Å². The van der Waals surface area contributed by atoms with Gasteiger partial charge in [-0.3, -0.25) is 19.1 Å². The molecule has 2 heterocycles. The number of nitrogens with two attached hydrogens (primary N) is 1. The third-order valence-electron chi connectivity index (χ3n) is 5.42. The number of nitrogens with zero attached hydrogens (tertiary/aromatic N) is 2. The van der Waals surface area contributed by atoms with E-state index in [4.69, 9.17) is 5.73 Å². The Hall–Kier alpha value is -2.19. The Morgan fingerprint density at radius 3 is 2.64 bits per heavy atom. The maximum Gasteiger partial charge on any atom is 0.329 e. The van der Waals surface area contributed by atoms with E-state index >= 15 is 0 Å². The number of carbonyl (C=O) groups is 1. The van der Waals surface area contributed by atoms with E-state index in [1.807, 2.05) is 6.92 Å². The summed E-state index contributed by atoms with van der Waals surface area (Å²) in [7, 11) is 0. The van der Waals surface area contributed by atoms with Crippen molar-refractivity contribution in [3.63, 3.8) is 0 Å². The molecular weight excluding hydrogens is 382 g/mol. The molecule has 0 spiro atoms. The van der Waals surface area contributed by atoms with Crippen molar-refractivity contribution < 1.29 is 4.79 Å². The van der Waals surface area contributed by atoms with Crippen molar-refractivity contribution in [2.75, 3.05) is 6.54 Å². The lowest BCUT2D eigenvalue weighted by Gasteiger charge is -2.18. The van der Waals surface area contributed by atoms with E-state index in [1.54, 1.807) is 6.07 Å². The average Bonchev–Trinajstić information content (AvgIpc) is 3.54. The van der Waals surface area contributed by atoms with Gasteiger partial charge < -0.3 is 11.1 Å². The van der Waals surface area contributed by atoms with Crippen LogP contribution in [0.15, 0.2) is 15.7 Å². The molecule has 2 aromatic rings. The topological polar surface area (TPSA) is 123 Å². The quantitative estimate of drug-likeness (QED) is 0.637. The summed E-state index contributed by atoms with van der Waals surface area (Å²) in [4.78, 5) is 44.8. The van der Waals surface area contributed by atoms with E-state index in [-0.39, 0.29) is 35.3 Å². The number of aromatic amines is 1. The van der Waals surface area contributed by atoms with E-state index in [1.165, 1.54) is 4.57 Å². The largest absolute Gasteiger partial charge is 0.348 e. The summed E-state index contributed by atoms with van der Waals surface area (Å²) in [5, 5.41) is 3.16. The molecule has 1 atom stereocenters. The lowest BCUT2D eigenvalue weighted by molar-refractivity contribution is 0.0935. The molecule has 0 radical (unpaired) electrons. The van der Waals surface area contributed by atoms with Crippen LogP contribution in [0.1, 0.15) is 61.0 Å². The number of aromatic nitrogens is 3. The Morgan fingerprint density at radius 2 is 2.07 bits per heavy atom. The Morgan fingerprint density at radius 1 is 1.36 bits per heavy atom. The molecule has 0 bridgehead atoms. The van der Waals surface area contributed by atoms with Gasteiger partial charge in [-0.1, -0.05) is 6.92 Å². The van der Waals surface area contributed by atoms with Crippen LogP contribution >= 0.6 is 12.4 Å². The number of rotatable bonds is 7. The van der Waals surface area contributed by atoms with Crippen LogP contribution < -0.4 is 22.3 Å². The molecule has 2 fully saturated rings. The van der Waals surface area contributed by atoms with Gasteiger partial charge in [0.1, 0.15) is 0 Å². The third-order valence-corrected chi connectivity index (χ3v) is 5.42. The molecular formula is C19H26ClN5O3. The summed E-state index contributed by atoms with van der Waals surface area (Å²) < 4.78 is 1.46. The van der Waals surface area contributed by atoms with Crippen molar-refractivity contribution in [2.24, 2.45) is 11.7 Å². The summed E-state index contributed by atoms with van der Waals surface area (Å²) in [6.07, 6.45) is 4.85. The number of nitrogens with one attached hydrogen (secondary N) is 2. The first-order valence-electron chi connectivity index (χ1n) is 9.72. The van der Waals surface area contributed by atoms with Crippen molar-refractivity contribution >= 4 is 29.3 Å². The van der Waals surface area contributed by atoms with Gasteiger partial charge in [-0.15, -0.1) is 12.4 Å². The van der Waals surface area contributed by atoms with Crippen LogP contribution in [0.5, 0.6) is 0 Å². The number of H-pyrrole nitrogens is 1. The molecule has 9 heteroatoms. The number of halogens is 1. The fourth-order valence-electron chi connectivity index (χ4n) is 3.61. The molecule has 1 unspecified atom stereocenters. The number of amides is 1. The molecule has 8 nitrogen and oxygen atoms in total. The monoisotopic (exact) mass is 407 g/mol. The van der Waals surface area contributed by atoms with E-state index in [0.717, 1.165) is 37.8 Å². The first-order chi connectivity index (χ1) is 13.0. The highest BCUT2D eigenvalue weighted by Crippen LogP contribution is 2.40. The highest BCUT2D eigenvalue weighted by atomic mass is 35.5. The second kappa shape index (κ2) is 8.05. The number of aryl methyl sites for hydroxylation is 1. The van der Waals surface area contributed by atoms with E-state index in [0.29, 0.717) is 30.6 Å². The zero-order valence-electron chi connectivity index (χ0n) is 15.9. The minimum absolute atomic E-state index is 0. The average molecular weight is 408 g/mol. The Bertz CT molecular complexity index is 1010. The van der Waals surface area contributed by atoms with Gasteiger partial charge in [0.2, 0.25) is 0 Å². The van der Waals surface area contributed by atoms with Gasteiger partial charge in [-0.2, -0.15) is 0 Å². The van der Waals surface area contributed by atoms with Crippen molar-refractivity contribution in [1.82, 2.24) is 19.9 Å². The molecule has 2 aliphatic rings. The second-order valence-corrected chi connectivity index (χ2v) is 7.63. The molecule has 2 aromatic heterocycles. The molecule has 0 aromatic carbocycles. The van der Waals surface area contributed by atoms with E-state index < -0.39 is 11.2 Å². The van der Waals surface area contributed by atoms with Gasteiger partial charge in [-0.05, 0) is 44.1 Å². The van der Waals surface area contributed by atoms with Gasteiger partial charge in [-0.25, -0.2) is 9.78 Å². The van der Waals surface area contributed by atoms with Gasteiger partial charge >= 0.3 is 5.69 Å². The van der Waals surface area contributed by atoms with Crippen LogP contribution in [0.4, 0.5) is 0 Å². The Balaban J connectivity index is 0.00000225. The zero-order valence-corrected chi connectivity index (χ0v) is 16.7. The first kappa shape index (κ1) is 20.5. The number of hydrogen-bond acceptors (Lipinski definition) is 5.